The molecule has 0 amide bonds. The molecule has 7 nitrogen and oxygen atoms in total. The molecule has 4 aromatic rings. The summed E-state index contributed by atoms with van der Waals surface area (Å²) < 4.78 is 5.73. The van der Waals surface area contributed by atoms with Gasteiger partial charge in [-0.05, 0) is 71.5 Å². The molecule has 0 aromatic heterocycles. The van der Waals surface area contributed by atoms with E-state index >= 15 is 0 Å². The number of fused-ring (bicyclic) bond motifs is 2. The topological polar surface area (TPSA) is 119 Å². The molecule has 0 radical (unpaired) electrons. The van der Waals surface area contributed by atoms with Crippen LogP contribution in [-0.4, -0.2) is 33.7 Å². The van der Waals surface area contributed by atoms with Gasteiger partial charge in [-0.3, -0.25) is 4.79 Å². The van der Waals surface area contributed by atoms with E-state index in [0.29, 0.717) is 38.0 Å². The second kappa shape index (κ2) is 32.8. The first-order valence-corrected chi connectivity index (χ1v) is 15.6. The third-order valence-corrected chi connectivity index (χ3v) is 7.09. The number of aromatic hydroxyl groups is 3. The first-order valence-electron chi connectivity index (χ1n) is 14.5. The van der Waals surface area contributed by atoms with Crippen LogP contribution in [0.25, 0.3) is 21.5 Å². The normalized spacial score (nSPS) is 8.82. The number of alkyl halides is 1. The van der Waals surface area contributed by atoms with E-state index in [2.05, 4.69) is 60.3 Å². The van der Waals surface area contributed by atoms with Gasteiger partial charge >= 0.3 is 103 Å². The molecule has 10 heteroatoms. The molecule has 0 fully saturated rings. The van der Waals surface area contributed by atoms with Crippen LogP contribution in [0.3, 0.4) is 0 Å². The van der Waals surface area contributed by atoms with Crippen molar-refractivity contribution in [2.75, 3.05) is 11.9 Å². The fraction of sp³-hybridized carbons (Fsp3) is 0.195. The molecule has 0 heterocycles. The van der Waals surface area contributed by atoms with E-state index in [9.17, 15) is 15.3 Å². The molecule has 0 spiro atoms. The number of allylic oxidation sites excluding steroid dienone is 5. The van der Waals surface area contributed by atoms with Crippen molar-refractivity contribution in [1.82, 2.24) is 0 Å². The third kappa shape index (κ3) is 17.7. The fourth-order valence-corrected chi connectivity index (χ4v) is 4.72. The molecular formula is C41H51BrK2O7. The van der Waals surface area contributed by atoms with Gasteiger partial charge < -0.3 is 31.6 Å². The third-order valence-electron chi connectivity index (χ3n) is 6.63. The SMILES string of the molecule is C.C.C=CCBr.C=CCOc1ccc2c(CC=C)c(O)ccc2c1CC=C.C=CCc1c(O)ccc2c(CC=C)c(O)ccc12.O=CO[O-].[H-].[K+].[K+]. The molecule has 0 saturated heterocycles. The Morgan fingerprint density at radius 2 is 0.882 bits per heavy atom. The van der Waals surface area contributed by atoms with Crippen LogP contribution >= 0.6 is 15.9 Å². The van der Waals surface area contributed by atoms with Crippen molar-refractivity contribution in [2.24, 2.45) is 0 Å². The Labute approximate surface area is 399 Å². The van der Waals surface area contributed by atoms with Crippen molar-refractivity contribution in [3.8, 4) is 23.0 Å². The van der Waals surface area contributed by atoms with Gasteiger partial charge in [0, 0.05) is 27.6 Å². The van der Waals surface area contributed by atoms with Crippen LogP contribution in [0.15, 0.2) is 124 Å². The van der Waals surface area contributed by atoms with E-state index in [1.54, 1.807) is 48.6 Å². The van der Waals surface area contributed by atoms with Crippen LogP contribution in [-0.2, 0) is 35.4 Å². The van der Waals surface area contributed by atoms with Gasteiger partial charge in [0.1, 0.15) is 29.6 Å². The number of halogens is 1. The zero-order valence-electron chi connectivity index (χ0n) is 29.5. The molecule has 0 aliphatic carbocycles. The van der Waals surface area contributed by atoms with E-state index in [-0.39, 0.29) is 137 Å². The molecule has 0 saturated carbocycles. The van der Waals surface area contributed by atoms with Crippen molar-refractivity contribution in [3.63, 3.8) is 0 Å². The van der Waals surface area contributed by atoms with Crippen LogP contribution in [0.1, 0.15) is 38.5 Å². The molecule has 0 bridgehead atoms. The molecule has 4 rings (SSSR count). The molecule has 0 aliphatic heterocycles. The molecular weight excluding hydrogens is 763 g/mol. The van der Waals surface area contributed by atoms with Gasteiger partial charge in [0.15, 0.2) is 0 Å². The number of ether oxygens (including phenoxy) is 1. The zero-order chi connectivity index (χ0) is 35.2. The maximum absolute atomic E-state index is 10.1. The fourth-order valence-electron chi connectivity index (χ4n) is 4.72. The van der Waals surface area contributed by atoms with Crippen LogP contribution in [0, 0.1) is 0 Å². The summed E-state index contributed by atoms with van der Waals surface area (Å²) in [7, 11) is 0. The molecule has 0 unspecified atom stereocenters. The second-order valence-corrected chi connectivity index (χ2v) is 10.3. The molecule has 3 N–H and O–H groups in total. The maximum Gasteiger partial charge on any atom is 1.00 e. The summed E-state index contributed by atoms with van der Waals surface area (Å²) in [5, 5.41) is 43.2. The molecule has 4 aromatic carbocycles. The van der Waals surface area contributed by atoms with E-state index in [0.717, 1.165) is 54.9 Å². The first-order chi connectivity index (χ1) is 22.7. The average Bonchev–Trinajstić information content (AvgIpc) is 3.08. The summed E-state index contributed by atoms with van der Waals surface area (Å²) in [4.78, 5) is 11.2. The van der Waals surface area contributed by atoms with E-state index in [1.165, 1.54) is 0 Å². The Balaban J connectivity index is -0.000000218. The van der Waals surface area contributed by atoms with Gasteiger partial charge in [-0.2, -0.15) is 0 Å². The van der Waals surface area contributed by atoms with Crippen LogP contribution in [0.5, 0.6) is 23.0 Å². The Bertz CT molecular complexity index is 1630. The monoisotopic (exact) mass is 812 g/mol. The van der Waals surface area contributed by atoms with Gasteiger partial charge in [0.25, 0.3) is 6.47 Å². The largest absolute Gasteiger partial charge is 1.00 e. The Morgan fingerprint density at radius 3 is 1.16 bits per heavy atom. The minimum atomic E-state index is -0.181. The van der Waals surface area contributed by atoms with Crippen molar-refractivity contribution in [2.45, 2.75) is 40.5 Å². The van der Waals surface area contributed by atoms with Crippen molar-refractivity contribution < 1.29 is 139 Å². The predicted octanol–water partition coefficient (Wildman–Crippen LogP) is 3.67. The van der Waals surface area contributed by atoms with Crippen molar-refractivity contribution in [1.29, 1.82) is 0 Å². The number of phenolic OH excluding ortho intramolecular Hbond substituents is 3. The summed E-state index contributed by atoms with van der Waals surface area (Å²) in [6.07, 6.45) is 13.2. The van der Waals surface area contributed by atoms with Crippen LogP contribution < -0.4 is 113 Å². The number of phenols is 3. The average molecular weight is 814 g/mol. The summed E-state index contributed by atoms with van der Waals surface area (Å²) in [5.74, 6) is 1.65. The molecule has 0 atom stereocenters. The smallest absolute Gasteiger partial charge is 1.00 e. The Kier molecular flexibility index (Phi) is 36.0. The summed E-state index contributed by atoms with van der Waals surface area (Å²) in [6.45, 7) is 22.4. The second-order valence-electron chi connectivity index (χ2n) is 9.63. The predicted molar refractivity (Wildman–Crippen MR) is 210 cm³/mol. The number of carbonyl (C=O) groups excluding carboxylic acids is 1. The standard InChI is InChI=1S/C19H20O2.C16H16O2.C3H5Br.CH2O3.2CH4.2K.H/c1-4-7-16-14-10-12-19(21-13-6-3)17(8-5-2)15(14)9-11-18(16)20;1-3-5-13-11-7-10-16(18)14(6-4-2)12(11)8-9-15(13)17;1-2-3-4;2-1-4-3;;;;;/h4-6,9-12,20H,1-3,7-8,13H2;3-4,7-10,17-18H,1-2,5-6H2;2H,1,3H2;1,3H;2*1H4;;;/q;;;;;;2*+1;-1/p-1. The van der Waals surface area contributed by atoms with Gasteiger partial charge in [-0.15, -0.1) is 32.9 Å². The minimum absolute atomic E-state index is 0. The van der Waals surface area contributed by atoms with Gasteiger partial charge in [0.05, 0.1) is 0 Å². The summed E-state index contributed by atoms with van der Waals surface area (Å²) in [5.41, 5.74) is 3.65. The van der Waals surface area contributed by atoms with E-state index in [4.69, 9.17) is 14.8 Å². The number of hydrogen-bond donors (Lipinski definition) is 3. The zero-order valence-corrected chi connectivity index (χ0v) is 36.3. The minimum Gasteiger partial charge on any atom is -1.00 e. The number of rotatable bonds is 13. The van der Waals surface area contributed by atoms with Gasteiger partial charge in [0.2, 0.25) is 0 Å². The first kappa shape index (κ1) is 56.0. The van der Waals surface area contributed by atoms with Gasteiger partial charge in [-0.25, -0.2) is 0 Å². The quantitative estimate of drug-likeness (QED) is 0.0471. The number of hydrogen-bond acceptors (Lipinski definition) is 7. The Morgan fingerprint density at radius 1 is 0.588 bits per heavy atom. The van der Waals surface area contributed by atoms with Crippen LogP contribution in [0.4, 0.5) is 0 Å². The molecule has 266 valence electrons. The maximum atomic E-state index is 10.1. The van der Waals surface area contributed by atoms with Crippen molar-refractivity contribution >= 4 is 43.9 Å². The summed E-state index contributed by atoms with van der Waals surface area (Å²) >= 11 is 3.13. The molecule has 51 heavy (non-hydrogen) atoms. The van der Waals surface area contributed by atoms with E-state index < -0.39 is 0 Å². The van der Waals surface area contributed by atoms with Gasteiger partial charge in [-0.1, -0.05) is 98.1 Å². The summed E-state index contributed by atoms with van der Waals surface area (Å²) in [6, 6.07) is 14.6. The van der Waals surface area contributed by atoms with E-state index in [1.807, 2.05) is 36.4 Å². The molecule has 0 aliphatic rings. The van der Waals surface area contributed by atoms with Crippen molar-refractivity contribution in [3.05, 3.63) is 147 Å². The number of benzene rings is 4. The number of carbonyl (C=O) groups is 1. The Hall–Kier alpha value is -1.78. The van der Waals surface area contributed by atoms with Crippen LogP contribution in [0.2, 0.25) is 0 Å².